The molecule has 0 unspecified atom stereocenters. The lowest BCUT2D eigenvalue weighted by atomic mass is 9.89. The Labute approximate surface area is 174 Å². The number of aromatic nitrogens is 4. The number of amides is 1. The Morgan fingerprint density at radius 1 is 1.28 bits per heavy atom. The van der Waals surface area contributed by atoms with Crippen molar-refractivity contribution in [1.82, 2.24) is 19.9 Å². The number of thiophene rings is 1. The van der Waals surface area contributed by atoms with Crippen molar-refractivity contribution in [2.75, 3.05) is 11.1 Å². The molecule has 0 aromatic carbocycles. The predicted octanol–water partition coefficient (Wildman–Crippen LogP) is 2.54. The standard InChI is InChI=1S/C19H21N5O3S2/c1-8-4-5-11-12(6-8)29-18-14(11)17(21-10(3)22-18)28-7-13(25)23-15-9(2)20-19(27)24-16(15)26/h8H,4-7H2,1-3H3,(H,23,25)(H2,20,24,26,27)/t8-/m1/s1. The van der Waals surface area contributed by atoms with Gasteiger partial charge in [0.2, 0.25) is 5.91 Å². The smallest absolute Gasteiger partial charge is 0.319 e. The molecule has 0 radical (unpaired) electrons. The number of anilines is 1. The van der Waals surface area contributed by atoms with Gasteiger partial charge in [-0.05, 0) is 44.6 Å². The van der Waals surface area contributed by atoms with Gasteiger partial charge in [0.25, 0.3) is 5.56 Å². The van der Waals surface area contributed by atoms with Crippen LogP contribution in [-0.4, -0.2) is 31.6 Å². The van der Waals surface area contributed by atoms with Crippen molar-refractivity contribution < 1.29 is 4.79 Å². The van der Waals surface area contributed by atoms with Crippen molar-refractivity contribution in [3.05, 3.63) is 42.8 Å². The highest BCUT2D eigenvalue weighted by Gasteiger charge is 2.24. The number of carbonyl (C=O) groups excluding carboxylic acids is 1. The van der Waals surface area contributed by atoms with Crippen LogP contribution in [0.25, 0.3) is 10.2 Å². The molecule has 0 saturated carbocycles. The second-order valence-corrected chi connectivity index (χ2v) is 9.40. The van der Waals surface area contributed by atoms with Gasteiger partial charge in [-0.1, -0.05) is 18.7 Å². The molecule has 1 aliphatic rings. The van der Waals surface area contributed by atoms with Crippen LogP contribution in [0.1, 0.15) is 35.3 Å². The molecule has 1 atom stereocenters. The van der Waals surface area contributed by atoms with Crippen LogP contribution in [0.3, 0.4) is 0 Å². The van der Waals surface area contributed by atoms with E-state index in [9.17, 15) is 14.4 Å². The molecule has 0 fully saturated rings. The first kappa shape index (κ1) is 19.8. The molecule has 3 heterocycles. The summed E-state index contributed by atoms with van der Waals surface area (Å²) in [4.78, 5) is 51.8. The van der Waals surface area contributed by atoms with Crippen molar-refractivity contribution in [3.8, 4) is 0 Å². The molecular formula is C19H21N5O3S2. The molecule has 10 heteroatoms. The number of carbonyl (C=O) groups is 1. The molecule has 3 aromatic heterocycles. The van der Waals surface area contributed by atoms with Gasteiger partial charge < -0.3 is 10.3 Å². The molecule has 0 saturated heterocycles. The minimum absolute atomic E-state index is 0.0566. The maximum atomic E-state index is 12.4. The lowest BCUT2D eigenvalue weighted by molar-refractivity contribution is -0.113. The number of aryl methyl sites for hydroxylation is 3. The van der Waals surface area contributed by atoms with Crippen LogP contribution >= 0.6 is 23.1 Å². The zero-order valence-corrected chi connectivity index (χ0v) is 18.0. The summed E-state index contributed by atoms with van der Waals surface area (Å²) in [5.74, 6) is 1.12. The van der Waals surface area contributed by atoms with E-state index in [-0.39, 0.29) is 17.3 Å². The van der Waals surface area contributed by atoms with E-state index in [0.717, 1.165) is 34.5 Å². The molecule has 0 aliphatic heterocycles. The van der Waals surface area contributed by atoms with E-state index < -0.39 is 11.2 Å². The maximum Gasteiger partial charge on any atom is 0.326 e. The minimum Gasteiger partial charge on any atom is -0.319 e. The highest BCUT2D eigenvalue weighted by Crippen LogP contribution is 2.40. The third-order valence-corrected chi connectivity index (χ3v) is 7.09. The fourth-order valence-electron chi connectivity index (χ4n) is 3.57. The SMILES string of the molecule is Cc1nc(SCC(=O)Nc2c(C)[nH]c(=O)[nH]c2=O)c2c3c(sc2n1)C[C@H](C)CC3. The molecule has 1 aliphatic carbocycles. The summed E-state index contributed by atoms with van der Waals surface area (Å²) >= 11 is 3.07. The highest BCUT2D eigenvalue weighted by molar-refractivity contribution is 8.00. The number of H-pyrrole nitrogens is 2. The number of hydrogen-bond donors (Lipinski definition) is 3. The van der Waals surface area contributed by atoms with Crippen molar-refractivity contribution in [2.24, 2.45) is 5.92 Å². The van der Waals surface area contributed by atoms with Crippen molar-refractivity contribution in [1.29, 1.82) is 0 Å². The number of nitrogens with zero attached hydrogens (tertiary/aromatic N) is 2. The number of hydrogen-bond acceptors (Lipinski definition) is 7. The normalized spacial score (nSPS) is 16.0. The van der Waals surface area contributed by atoms with Crippen molar-refractivity contribution in [2.45, 2.75) is 45.1 Å². The van der Waals surface area contributed by atoms with Gasteiger partial charge in [-0.2, -0.15) is 0 Å². The minimum atomic E-state index is -0.620. The summed E-state index contributed by atoms with van der Waals surface area (Å²) in [6, 6.07) is 0. The molecule has 3 N–H and O–H groups in total. The lowest BCUT2D eigenvalue weighted by Crippen LogP contribution is -2.29. The molecule has 3 aromatic rings. The van der Waals surface area contributed by atoms with E-state index in [2.05, 4.69) is 32.2 Å². The fourth-order valence-corrected chi connectivity index (χ4v) is 5.97. The molecule has 1 amide bonds. The van der Waals surface area contributed by atoms with Crippen LogP contribution in [-0.2, 0) is 17.6 Å². The van der Waals surface area contributed by atoms with E-state index in [1.807, 2.05) is 6.92 Å². The second-order valence-electron chi connectivity index (χ2n) is 7.35. The lowest BCUT2D eigenvalue weighted by Gasteiger charge is -2.18. The molecule has 4 rings (SSSR count). The van der Waals surface area contributed by atoms with Gasteiger partial charge in [0.15, 0.2) is 0 Å². The number of aromatic amines is 2. The molecular weight excluding hydrogens is 410 g/mol. The number of fused-ring (bicyclic) bond motifs is 3. The zero-order chi connectivity index (χ0) is 20.7. The summed E-state index contributed by atoms with van der Waals surface area (Å²) in [7, 11) is 0. The Morgan fingerprint density at radius 2 is 2.07 bits per heavy atom. The summed E-state index contributed by atoms with van der Waals surface area (Å²) in [5, 5.41) is 4.46. The number of rotatable bonds is 4. The van der Waals surface area contributed by atoms with Gasteiger partial charge in [-0.3, -0.25) is 14.6 Å². The van der Waals surface area contributed by atoms with Crippen molar-refractivity contribution >= 4 is 44.9 Å². The first-order valence-electron chi connectivity index (χ1n) is 9.36. The molecule has 8 nitrogen and oxygen atoms in total. The van der Waals surface area contributed by atoms with Gasteiger partial charge in [0.05, 0.1) is 5.75 Å². The van der Waals surface area contributed by atoms with E-state index in [0.29, 0.717) is 17.4 Å². The summed E-state index contributed by atoms with van der Waals surface area (Å²) in [6.07, 6.45) is 3.22. The molecule has 0 bridgehead atoms. The molecule has 152 valence electrons. The first-order valence-corrected chi connectivity index (χ1v) is 11.2. The highest BCUT2D eigenvalue weighted by atomic mass is 32.2. The Morgan fingerprint density at radius 3 is 2.83 bits per heavy atom. The van der Waals surface area contributed by atoms with Crippen LogP contribution < -0.4 is 16.6 Å². The van der Waals surface area contributed by atoms with Crippen LogP contribution in [0.4, 0.5) is 5.69 Å². The molecule has 0 spiro atoms. The van der Waals surface area contributed by atoms with Gasteiger partial charge in [0, 0.05) is 16.0 Å². The largest absolute Gasteiger partial charge is 0.326 e. The fraction of sp³-hybridized carbons (Fsp3) is 0.421. The van der Waals surface area contributed by atoms with E-state index in [1.54, 1.807) is 18.3 Å². The zero-order valence-electron chi connectivity index (χ0n) is 16.3. The third-order valence-electron chi connectivity index (χ3n) is 4.97. The van der Waals surface area contributed by atoms with E-state index >= 15 is 0 Å². The van der Waals surface area contributed by atoms with E-state index in [4.69, 9.17) is 0 Å². The summed E-state index contributed by atoms with van der Waals surface area (Å²) < 4.78 is 0. The predicted molar refractivity (Wildman–Crippen MR) is 115 cm³/mol. The second kappa shape index (κ2) is 7.75. The Balaban J connectivity index is 1.58. The Bertz CT molecular complexity index is 1230. The summed E-state index contributed by atoms with van der Waals surface area (Å²) in [5.41, 5.74) is 0.472. The van der Waals surface area contributed by atoms with E-state index in [1.165, 1.54) is 22.2 Å². The third kappa shape index (κ3) is 3.99. The average molecular weight is 432 g/mol. The van der Waals surface area contributed by atoms with Gasteiger partial charge >= 0.3 is 5.69 Å². The average Bonchev–Trinajstić information content (AvgIpc) is 2.99. The number of thioether (sulfide) groups is 1. The van der Waals surface area contributed by atoms with Crippen LogP contribution in [0.5, 0.6) is 0 Å². The topological polar surface area (TPSA) is 121 Å². The molecule has 29 heavy (non-hydrogen) atoms. The van der Waals surface area contributed by atoms with Crippen LogP contribution in [0.15, 0.2) is 14.6 Å². The maximum absolute atomic E-state index is 12.4. The van der Waals surface area contributed by atoms with Gasteiger partial charge in [-0.15, -0.1) is 11.3 Å². The van der Waals surface area contributed by atoms with Crippen LogP contribution in [0.2, 0.25) is 0 Å². The Kier molecular flexibility index (Phi) is 5.30. The van der Waals surface area contributed by atoms with Crippen molar-refractivity contribution in [3.63, 3.8) is 0 Å². The summed E-state index contributed by atoms with van der Waals surface area (Å²) in [6.45, 7) is 5.69. The Hall–Kier alpha value is -2.46. The number of nitrogens with one attached hydrogen (secondary N) is 3. The monoisotopic (exact) mass is 431 g/mol. The quantitative estimate of drug-likeness (QED) is 0.431. The van der Waals surface area contributed by atoms with Gasteiger partial charge in [0.1, 0.15) is 21.4 Å². The first-order chi connectivity index (χ1) is 13.8. The van der Waals surface area contributed by atoms with Crippen LogP contribution in [0, 0.1) is 19.8 Å². The van der Waals surface area contributed by atoms with Gasteiger partial charge in [-0.25, -0.2) is 14.8 Å².